The fraction of sp³-hybridized carbons (Fsp3) is 0.867. The molecule has 118 valence electrons. The molecule has 2 unspecified atom stereocenters. The summed E-state index contributed by atoms with van der Waals surface area (Å²) in [4.78, 5) is 29.9. The maximum atomic E-state index is 12.6. The van der Waals surface area contributed by atoms with E-state index in [4.69, 9.17) is 0 Å². The monoisotopic (exact) mass is 295 g/mol. The number of likely N-dealkylation sites (tertiary alicyclic amines) is 1. The second-order valence-electron chi connectivity index (χ2n) is 6.71. The van der Waals surface area contributed by atoms with Crippen molar-refractivity contribution >= 4 is 12.0 Å². The standard InChI is InChI=1S/C15H25N3O3/c1-11-4-5-18(13(10-11)14(19)20)15(21)17-8-6-16(7-9-17)12-2-3-12/h11-13H,2-10H2,1H3,(H,19,20). The molecule has 2 saturated heterocycles. The van der Waals surface area contributed by atoms with E-state index in [1.54, 1.807) is 4.90 Å². The van der Waals surface area contributed by atoms with Gasteiger partial charge in [0, 0.05) is 38.8 Å². The lowest BCUT2D eigenvalue weighted by Crippen LogP contribution is -2.58. The van der Waals surface area contributed by atoms with E-state index >= 15 is 0 Å². The second kappa shape index (κ2) is 5.83. The Morgan fingerprint density at radius 1 is 1.00 bits per heavy atom. The number of hydrogen-bond acceptors (Lipinski definition) is 3. The van der Waals surface area contributed by atoms with Gasteiger partial charge in [-0.2, -0.15) is 0 Å². The number of carbonyl (C=O) groups excluding carboxylic acids is 1. The van der Waals surface area contributed by atoms with Crippen molar-refractivity contribution in [1.29, 1.82) is 0 Å². The van der Waals surface area contributed by atoms with Crippen molar-refractivity contribution in [3.8, 4) is 0 Å². The Bertz CT molecular complexity index is 416. The maximum Gasteiger partial charge on any atom is 0.326 e. The summed E-state index contributed by atoms with van der Waals surface area (Å²) in [6, 6.07) is 0.0114. The van der Waals surface area contributed by atoms with Gasteiger partial charge in [0.1, 0.15) is 6.04 Å². The number of amides is 2. The highest BCUT2D eigenvalue weighted by Crippen LogP contribution is 2.28. The van der Waals surface area contributed by atoms with Crippen LogP contribution in [0, 0.1) is 5.92 Å². The van der Waals surface area contributed by atoms with Crippen molar-refractivity contribution in [1.82, 2.24) is 14.7 Å². The van der Waals surface area contributed by atoms with Gasteiger partial charge in [0.15, 0.2) is 0 Å². The summed E-state index contributed by atoms with van der Waals surface area (Å²) in [5.74, 6) is -0.492. The van der Waals surface area contributed by atoms with Crippen molar-refractivity contribution in [2.75, 3.05) is 32.7 Å². The molecule has 3 fully saturated rings. The number of carbonyl (C=O) groups is 2. The van der Waals surface area contributed by atoms with Gasteiger partial charge < -0.3 is 14.9 Å². The van der Waals surface area contributed by atoms with Gasteiger partial charge in [-0.05, 0) is 31.6 Å². The zero-order chi connectivity index (χ0) is 15.0. The van der Waals surface area contributed by atoms with Gasteiger partial charge in [0.25, 0.3) is 0 Å². The number of nitrogens with zero attached hydrogens (tertiary/aromatic N) is 3. The molecule has 1 aliphatic carbocycles. The van der Waals surface area contributed by atoms with Crippen LogP contribution < -0.4 is 0 Å². The molecule has 0 aromatic rings. The number of piperazine rings is 1. The number of carboxylic acid groups (broad SMARTS) is 1. The summed E-state index contributed by atoms with van der Waals surface area (Å²) in [6.07, 6.45) is 4.05. The Kier molecular flexibility index (Phi) is 4.06. The van der Waals surface area contributed by atoms with Crippen LogP contribution in [-0.2, 0) is 4.79 Å². The molecule has 3 rings (SSSR count). The summed E-state index contributed by atoms with van der Waals surface area (Å²) in [5.41, 5.74) is 0. The zero-order valence-corrected chi connectivity index (χ0v) is 12.7. The summed E-state index contributed by atoms with van der Waals surface area (Å²) in [7, 11) is 0. The average molecular weight is 295 g/mol. The first-order valence-corrected chi connectivity index (χ1v) is 8.08. The third-order valence-electron chi connectivity index (χ3n) is 5.04. The van der Waals surface area contributed by atoms with E-state index in [0.29, 0.717) is 18.9 Å². The van der Waals surface area contributed by atoms with Gasteiger partial charge in [0.2, 0.25) is 0 Å². The molecule has 2 atom stereocenters. The van der Waals surface area contributed by atoms with Crippen LogP contribution in [0.25, 0.3) is 0 Å². The number of piperidine rings is 1. The van der Waals surface area contributed by atoms with Crippen molar-refractivity contribution in [3.05, 3.63) is 0 Å². The summed E-state index contributed by atoms with van der Waals surface area (Å²) in [6.45, 7) is 5.95. The SMILES string of the molecule is CC1CCN(C(=O)N2CCN(C3CC3)CC2)C(C(=O)O)C1. The lowest BCUT2D eigenvalue weighted by molar-refractivity contribution is -0.144. The Morgan fingerprint density at radius 3 is 2.24 bits per heavy atom. The third-order valence-corrected chi connectivity index (χ3v) is 5.04. The van der Waals surface area contributed by atoms with Crippen LogP contribution in [0.1, 0.15) is 32.6 Å². The molecule has 2 heterocycles. The number of urea groups is 1. The van der Waals surface area contributed by atoms with Crippen LogP contribution in [0.2, 0.25) is 0 Å². The minimum Gasteiger partial charge on any atom is -0.480 e. The van der Waals surface area contributed by atoms with Gasteiger partial charge >= 0.3 is 12.0 Å². The molecule has 2 amide bonds. The Balaban J connectivity index is 1.59. The van der Waals surface area contributed by atoms with Crippen LogP contribution >= 0.6 is 0 Å². The second-order valence-corrected chi connectivity index (χ2v) is 6.71. The molecule has 3 aliphatic rings. The molecule has 0 spiro atoms. The maximum absolute atomic E-state index is 12.6. The number of carboxylic acids is 1. The van der Waals surface area contributed by atoms with Crippen LogP contribution in [0.15, 0.2) is 0 Å². The van der Waals surface area contributed by atoms with E-state index < -0.39 is 12.0 Å². The predicted octanol–water partition coefficient (Wildman–Crippen LogP) is 1.07. The first kappa shape index (κ1) is 14.6. The summed E-state index contributed by atoms with van der Waals surface area (Å²) in [5, 5.41) is 9.38. The Morgan fingerprint density at radius 2 is 1.67 bits per heavy atom. The van der Waals surface area contributed by atoms with Crippen LogP contribution in [0.4, 0.5) is 4.79 Å². The highest BCUT2D eigenvalue weighted by atomic mass is 16.4. The lowest BCUT2D eigenvalue weighted by atomic mass is 9.92. The van der Waals surface area contributed by atoms with E-state index in [2.05, 4.69) is 11.8 Å². The number of rotatable bonds is 2. The fourth-order valence-corrected chi connectivity index (χ4v) is 3.50. The molecule has 6 heteroatoms. The largest absolute Gasteiger partial charge is 0.480 e. The molecule has 0 radical (unpaired) electrons. The van der Waals surface area contributed by atoms with E-state index in [9.17, 15) is 14.7 Å². The molecule has 1 saturated carbocycles. The Hall–Kier alpha value is -1.30. The summed E-state index contributed by atoms with van der Waals surface area (Å²) < 4.78 is 0. The van der Waals surface area contributed by atoms with Crippen molar-refractivity contribution in [3.63, 3.8) is 0 Å². The summed E-state index contributed by atoms with van der Waals surface area (Å²) >= 11 is 0. The van der Waals surface area contributed by atoms with Crippen LogP contribution in [0.3, 0.4) is 0 Å². The van der Waals surface area contributed by atoms with Crippen molar-refractivity contribution < 1.29 is 14.7 Å². The molecule has 0 bridgehead atoms. The first-order chi connectivity index (χ1) is 10.1. The molecule has 21 heavy (non-hydrogen) atoms. The van der Waals surface area contributed by atoms with E-state index in [1.807, 2.05) is 4.90 Å². The highest BCUT2D eigenvalue weighted by Gasteiger charge is 2.38. The van der Waals surface area contributed by atoms with Gasteiger partial charge in [-0.15, -0.1) is 0 Å². The minimum atomic E-state index is -0.869. The van der Waals surface area contributed by atoms with Crippen molar-refractivity contribution in [2.24, 2.45) is 5.92 Å². The van der Waals surface area contributed by atoms with Gasteiger partial charge in [-0.3, -0.25) is 4.90 Å². The highest BCUT2D eigenvalue weighted by molar-refractivity contribution is 5.83. The molecule has 1 N–H and O–H groups in total. The quantitative estimate of drug-likeness (QED) is 0.828. The van der Waals surface area contributed by atoms with Crippen LogP contribution in [0.5, 0.6) is 0 Å². The van der Waals surface area contributed by atoms with E-state index in [0.717, 1.165) is 38.6 Å². The van der Waals surface area contributed by atoms with E-state index in [1.165, 1.54) is 12.8 Å². The van der Waals surface area contributed by atoms with E-state index in [-0.39, 0.29) is 6.03 Å². The average Bonchev–Trinajstić information content (AvgIpc) is 3.31. The van der Waals surface area contributed by atoms with Gasteiger partial charge in [0.05, 0.1) is 0 Å². The normalized spacial score (nSPS) is 31.3. The third kappa shape index (κ3) is 3.15. The lowest BCUT2D eigenvalue weighted by Gasteiger charge is -2.41. The molecular weight excluding hydrogens is 270 g/mol. The fourth-order valence-electron chi connectivity index (χ4n) is 3.50. The molecule has 0 aromatic heterocycles. The first-order valence-electron chi connectivity index (χ1n) is 8.08. The molecular formula is C15H25N3O3. The van der Waals surface area contributed by atoms with Gasteiger partial charge in [-0.25, -0.2) is 9.59 Å². The van der Waals surface area contributed by atoms with Crippen LogP contribution in [-0.4, -0.2) is 76.6 Å². The topological polar surface area (TPSA) is 64.1 Å². The number of aliphatic carboxylic acids is 1. The zero-order valence-electron chi connectivity index (χ0n) is 12.7. The van der Waals surface area contributed by atoms with Crippen molar-refractivity contribution in [2.45, 2.75) is 44.7 Å². The molecule has 6 nitrogen and oxygen atoms in total. The molecule has 2 aliphatic heterocycles. The number of hydrogen-bond donors (Lipinski definition) is 1. The Labute approximate surface area is 125 Å². The molecule has 0 aromatic carbocycles. The minimum absolute atomic E-state index is 0.0789. The smallest absolute Gasteiger partial charge is 0.326 e. The predicted molar refractivity (Wildman–Crippen MR) is 78.1 cm³/mol. The van der Waals surface area contributed by atoms with Gasteiger partial charge in [-0.1, -0.05) is 6.92 Å².